The molecule has 0 saturated carbocycles. The van der Waals surface area contributed by atoms with Crippen LogP contribution in [0.5, 0.6) is 0 Å². The lowest BCUT2D eigenvalue weighted by Crippen LogP contribution is -2.21. The number of benzene rings is 1. The lowest BCUT2D eigenvalue weighted by Gasteiger charge is -2.19. The third-order valence-electron chi connectivity index (χ3n) is 4.52. The highest BCUT2D eigenvalue weighted by Gasteiger charge is 2.23. The van der Waals surface area contributed by atoms with Crippen LogP contribution in [0.25, 0.3) is 0 Å². The van der Waals surface area contributed by atoms with Gasteiger partial charge in [0.2, 0.25) is 0 Å². The smallest absolute Gasteiger partial charge is 0.348 e. The van der Waals surface area contributed by atoms with Gasteiger partial charge in [0.15, 0.2) is 6.61 Å². The second-order valence-electron chi connectivity index (χ2n) is 6.30. The van der Waals surface area contributed by atoms with Crippen LogP contribution < -0.4 is 5.32 Å². The number of hydrogen-bond acceptors (Lipinski definition) is 4. The number of carbonyl (C=O) groups excluding carboxylic acids is 2. The molecular formula is C19H19F2NO3S. The normalized spacial score (nSPS) is 16.0. The molecule has 1 aromatic carbocycles. The number of nitrogens with one attached hydrogen (secondary N) is 1. The van der Waals surface area contributed by atoms with Gasteiger partial charge in [0.05, 0.1) is 0 Å². The summed E-state index contributed by atoms with van der Waals surface area (Å²) in [4.78, 5) is 25.6. The molecule has 1 aromatic heterocycles. The van der Waals surface area contributed by atoms with Gasteiger partial charge in [-0.05, 0) is 48.9 Å². The molecule has 1 N–H and O–H groups in total. The van der Waals surface area contributed by atoms with E-state index in [0.717, 1.165) is 37.8 Å². The summed E-state index contributed by atoms with van der Waals surface area (Å²) in [6.45, 7) is 1.56. The van der Waals surface area contributed by atoms with Crippen molar-refractivity contribution in [2.45, 2.75) is 32.6 Å². The Balaban J connectivity index is 1.57. The number of rotatable bonds is 5. The third-order valence-corrected chi connectivity index (χ3v) is 5.74. The average Bonchev–Trinajstić information content (AvgIpc) is 3.06. The highest BCUT2D eigenvalue weighted by molar-refractivity contribution is 7.14. The van der Waals surface area contributed by atoms with Gasteiger partial charge in [-0.2, -0.15) is 0 Å². The first kappa shape index (κ1) is 18.5. The van der Waals surface area contributed by atoms with Gasteiger partial charge in [0, 0.05) is 4.88 Å². The summed E-state index contributed by atoms with van der Waals surface area (Å²) in [5.74, 6) is -2.53. The second kappa shape index (κ2) is 7.95. The summed E-state index contributed by atoms with van der Waals surface area (Å²) in [6.07, 6.45) is 4.15. The predicted molar refractivity (Wildman–Crippen MR) is 95.4 cm³/mol. The molecule has 0 bridgehead atoms. The Bertz CT molecular complexity index is 814. The molecule has 0 radical (unpaired) electrons. The number of esters is 1. The van der Waals surface area contributed by atoms with E-state index in [4.69, 9.17) is 4.74 Å². The molecule has 1 aliphatic carbocycles. The Labute approximate surface area is 154 Å². The first-order valence-corrected chi connectivity index (χ1v) is 9.32. The highest BCUT2D eigenvalue weighted by atomic mass is 32.1. The van der Waals surface area contributed by atoms with Crippen molar-refractivity contribution < 1.29 is 23.1 Å². The second-order valence-corrected chi connectivity index (χ2v) is 7.43. The first-order valence-electron chi connectivity index (χ1n) is 8.50. The molecule has 1 amide bonds. The number of amides is 1. The standard InChI is InChI=1S/C19H19F2NO3S/c1-2-11-6-7-15-12(8-11)9-16(26-15)19(24)25-10-17(23)22-18-13(20)4-3-5-14(18)21/h3-5,9,11H,2,6-8,10H2,1H3,(H,22,23)/t11-/m1/s1. The third kappa shape index (κ3) is 4.09. The van der Waals surface area contributed by atoms with Gasteiger partial charge in [0.25, 0.3) is 5.91 Å². The summed E-state index contributed by atoms with van der Waals surface area (Å²) < 4.78 is 32.0. The fraction of sp³-hybridized carbons (Fsp3) is 0.368. The van der Waals surface area contributed by atoms with E-state index in [-0.39, 0.29) is 0 Å². The molecule has 138 valence electrons. The summed E-state index contributed by atoms with van der Waals surface area (Å²) >= 11 is 1.39. The van der Waals surface area contributed by atoms with E-state index >= 15 is 0 Å². The van der Waals surface area contributed by atoms with Crippen LogP contribution in [0.4, 0.5) is 14.5 Å². The zero-order chi connectivity index (χ0) is 18.7. The monoisotopic (exact) mass is 379 g/mol. The largest absolute Gasteiger partial charge is 0.451 e. The van der Waals surface area contributed by atoms with Crippen molar-refractivity contribution in [2.24, 2.45) is 5.92 Å². The van der Waals surface area contributed by atoms with Crippen LogP contribution in [0.15, 0.2) is 24.3 Å². The van der Waals surface area contributed by atoms with Crippen molar-refractivity contribution in [1.82, 2.24) is 0 Å². The molecule has 1 heterocycles. The topological polar surface area (TPSA) is 55.4 Å². The van der Waals surface area contributed by atoms with Crippen LogP contribution in [0.1, 0.15) is 39.9 Å². The molecule has 1 aliphatic rings. The van der Waals surface area contributed by atoms with Gasteiger partial charge in [-0.15, -0.1) is 11.3 Å². The van der Waals surface area contributed by atoms with E-state index in [9.17, 15) is 18.4 Å². The minimum atomic E-state index is -0.888. The summed E-state index contributed by atoms with van der Waals surface area (Å²) in [5, 5.41) is 2.08. The zero-order valence-electron chi connectivity index (χ0n) is 14.3. The molecule has 1 atom stereocenters. The average molecular weight is 379 g/mol. The quantitative estimate of drug-likeness (QED) is 0.787. The number of anilines is 1. The van der Waals surface area contributed by atoms with Gasteiger partial charge >= 0.3 is 5.97 Å². The van der Waals surface area contributed by atoms with E-state index in [1.165, 1.54) is 27.8 Å². The Morgan fingerprint density at radius 2 is 2.04 bits per heavy atom. The molecule has 26 heavy (non-hydrogen) atoms. The van der Waals surface area contributed by atoms with Gasteiger partial charge < -0.3 is 10.1 Å². The van der Waals surface area contributed by atoms with Crippen molar-refractivity contribution in [3.63, 3.8) is 0 Å². The molecule has 0 saturated heterocycles. The van der Waals surface area contributed by atoms with Gasteiger partial charge in [-0.25, -0.2) is 13.6 Å². The summed E-state index contributed by atoms with van der Waals surface area (Å²) in [7, 11) is 0. The number of aryl methyl sites for hydroxylation is 1. The van der Waals surface area contributed by atoms with Crippen LogP contribution in [-0.4, -0.2) is 18.5 Å². The summed E-state index contributed by atoms with van der Waals surface area (Å²) in [5.41, 5.74) is 0.628. The van der Waals surface area contributed by atoms with E-state index < -0.39 is 35.8 Å². The van der Waals surface area contributed by atoms with Gasteiger partial charge in [-0.3, -0.25) is 4.79 Å². The Kier molecular flexibility index (Phi) is 5.66. The van der Waals surface area contributed by atoms with Crippen molar-refractivity contribution >= 4 is 28.9 Å². The number of hydrogen-bond donors (Lipinski definition) is 1. The van der Waals surface area contributed by atoms with E-state index in [2.05, 4.69) is 12.2 Å². The molecule has 7 heteroatoms. The number of fused-ring (bicyclic) bond motifs is 1. The van der Waals surface area contributed by atoms with Crippen molar-refractivity contribution in [1.29, 1.82) is 0 Å². The predicted octanol–water partition coefficient (Wildman–Crippen LogP) is 4.34. The minimum Gasteiger partial charge on any atom is -0.451 e. The van der Waals surface area contributed by atoms with Gasteiger partial charge in [0.1, 0.15) is 22.2 Å². The first-order chi connectivity index (χ1) is 12.5. The Morgan fingerprint density at radius 1 is 1.31 bits per heavy atom. The van der Waals surface area contributed by atoms with E-state index in [1.807, 2.05) is 6.07 Å². The SMILES string of the molecule is CC[C@@H]1CCc2sc(C(=O)OCC(=O)Nc3c(F)cccc3F)cc2C1. The highest BCUT2D eigenvalue weighted by Crippen LogP contribution is 2.33. The number of para-hydroxylation sites is 1. The van der Waals surface area contributed by atoms with Crippen LogP contribution in [0.2, 0.25) is 0 Å². The van der Waals surface area contributed by atoms with Crippen LogP contribution in [-0.2, 0) is 22.4 Å². The lowest BCUT2D eigenvalue weighted by molar-refractivity contribution is -0.119. The zero-order valence-corrected chi connectivity index (χ0v) is 15.1. The fourth-order valence-corrected chi connectivity index (χ4v) is 4.15. The molecule has 0 unspecified atom stereocenters. The maximum atomic E-state index is 13.5. The van der Waals surface area contributed by atoms with Gasteiger partial charge in [-0.1, -0.05) is 19.4 Å². The fourth-order valence-electron chi connectivity index (χ4n) is 3.04. The van der Waals surface area contributed by atoms with E-state index in [0.29, 0.717) is 10.8 Å². The molecule has 0 fully saturated rings. The summed E-state index contributed by atoms with van der Waals surface area (Å²) in [6, 6.07) is 5.09. The minimum absolute atomic E-state index is 0.455. The van der Waals surface area contributed by atoms with E-state index in [1.54, 1.807) is 0 Å². The molecule has 2 aromatic rings. The molecule has 4 nitrogen and oxygen atoms in total. The molecular weight excluding hydrogens is 360 g/mol. The number of halogens is 2. The number of ether oxygens (including phenoxy) is 1. The van der Waals surface area contributed by atoms with Crippen molar-refractivity contribution in [3.05, 3.63) is 51.2 Å². The number of thiophene rings is 1. The van der Waals surface area contributed by atoms with Crippen molar-refractivity contribution in [3.8, 4) is 0 Å². The maximum Gasteiger partial charge on any atom is 0.348 e. The molecule has 0 aliphatic heterocycles. The Hall–Kier alpha value is -2.28. The Morgan fingerprint density at radius 3 is 2.73 bits per heavy atom. The maximum absolute atomic E-state index is 13.5. The van der Waals surface area contributed by atoms with Crippen LogP contribution in [0.3, 0.4) is 0 Å². The van der Waals surface area contributed by atoms with Crippen LogP contribution >= 0.6 is 11.3 Å². The van der Waals surface area contributed by atoms with Crippen LogP contribution in [0, 0.1) is 17.6 Å². The number of carbonyl (C=O) groups is 2. The molecule has 3 rings (SSSR count). The lowest BCUT2D eigenvalue weighted by atomic mass is 9.87. The molecule has 0 spiro atoms. The van der Waals surface area contributed by atoms with Crippen molar-refractivity contribution in [2.75, 3.05) is 11.9 Å².